The maximum absolute atomic E-state index is 13.4. The summed E-state index contributed by atoms with van der Waals surface area (Å²) >= 11 is 0. The minimum atomic E-state index is -0.417. The van der Waals surface area contributed by atoms with Gasteiger partial charge in [0.1, 0.15) is 11.6 Å². The number of fused-ring (bicyclic) bond motifs is 1. The number of rotatable bonds is 4. The molecular formula is C24H28N6O2. The van der Waals surface area contributed by atoms with Crippen LogP contribution < -0.4 is 21.9 Å². The third kappa shape index (κ3) is 4.30. The zero-order chi connectivity index (χ0) is 22.8. The van der Waals surface area contributed by atoms with Crippen molar-refractivity contribution in [2.24, 2.45) is 5.73 Å². The average molecular weight is 433 g/mol. The molecule has 0 radical (unpaired) electrons. The minimum absolute atomic E-state index is 0.00166. The van der Waals surface area contributed by atoms with Crippen LogP contribution in [0.4, 0.5) is 5.82 Å². The summed E-state index contributed by atoms with van der Waals surface area (Å²) in [5, 5.41) is 0.966. The highest BCUT2D eigenvalue weighted by molar-refractivity contribution is 5.81. The Balaban J connectivity index is 1.78. The Morgan fingerprint density at radius 3 is 2.72 bits per heavy atom. The molecule has 0 amide bonds. The molecule has 8 heteroatoms. The lowest BCUT2D eigenvalue weighted by molar-refractivity contribution is 0.491. The zero-order valence-corrected chi connectivity index (χ0v) is 18.8. The van der Waals surface area contributed by atoms with Gasteiger partial charge in [-0.25, -0.2) is 14.8 Å². The van der Waals surface area contributed by atoms with Crippen molar-refractivity contribution in [3.8, 4) is 11.8 Å². The number of anilines is 1. The van der Waals surface area contributed by atoms with Crippen LogP contribution in [0.25, 0.3) is 10.9 Å². The molecule has 8 nitrogen and oxygen atoms in total. The summed E-state index contributed by atoms with van der Waals surface area (Å²) in [6, 6.07) is 7.48. The van der Waals surface area contributed by atoms with Crippen LogP contribution in [-0.4, -0.2) is 38.2 Å². The Labute approximate surface area is 186 Å². The van der Waals surface area contributed by atoms with Crippen LogP contribution in [0.2, 0.25) is 0 Å². The molecule has 1 aliphatic rings. The lowest BCUT2D eigenvalue weighted by Gasteiger charge is -2.33. The molecule has 0 aliphatic carbocycles. The van der Waals surface area contributed by atoms with Gasteiger partial charge < -0.3 is 10.6 Å². The number of aryl methyl sites for hydroxylation is 2. The quantitative estimate of drug-likeness (QED) is 0.629. The Morgan fingerprint density at radius 2 is 1.97 bits per heavy atom. The SMILES string of the molecule is CC#CCn1c(N2CCC[C@H](N)C2)cc(=O)n(Cc2nc(C)c3cc(C)ccc3n2)c1=O. The van der Waals surface area contributed by atoms with Gasteiger partial charge in [0.25, 0.3) is 5.56 Å². The number of nitrogens with two attached hydrogens (primary N) is 1. The highest BCUT2D eigenvalue weighted by Gasteiger charge is 2.22. The van der Waals surface area contributed by atoms with Gasteiger partial charge in [-0.15, -0.1) is 5.92 Å². The fourth-order valence-corrected chi connectivity index (χ4v) is 4.20. The third-order valence-electron chi connectivity index (χ3n) is 5.84. The topological polar surface area (TPSA) is 99.0 Å². The lowest BCUT2D eigenvalue weighted by atomic mass is 10.1. The summed E-state index contributed by atoms with van der Waals surface area (Å²) in [6.45, 7) is 7.22. The van der Waals surface area contributed by atoms with Crippen molar-refractivity contribution >= 4 is 16.7 Å². The Kier molecular flexibility index (Phi) is 6.10. The number of hydrogen-bond donors (Lipinski definition) is 1. The van der Waals surface area contributed by atoms with Gasteiger partial charge in [0, 0.05) is 36.3 Å². The summed E-state index contributed by atoms with van der Waals surface area (Å²) in [7, 11) is 0. The largest absolute Gasteiger partial charge is 0.356 e. The van der Waals surface area contributed by atoms with E-state index in [1.165, 1.54) is 10.6 Å². The van der Waals surface area contributed by atoms with Crippen molar-refractivity contribution in [3.05, 3.63) is 62.2 Å². The molecule has 32 heavy (non-hydrogen) atoms. The fraction of sp³-hybridized carbons (Fsp3) is 0.417. The molecule has 166 valence electrons. The van der Waals surface area contributed by atoms with Crippen molar-refractivity contribution in [1.29, 1.82) is 0 Å². The van der Waals surface area contributed by atoms with E-state index in [-0.39, 0.29) is 24.7 Å². The van der Waals surface area contributed by atoms with Crippen LogP contribution in [0.15, 0.2) is 33.9 Å². The molecule has 0 unspecified atom stereocenters. The molecule has 3 aromatic rings. The molecule has 1 atom stereocenters. The Morgan fingerprint density at radius 1 is 1.16 bits per heavy atom. The van der Waals surface area contributed by atoms with Crippen molar-refractivity contribution in [3.63, 3.8) is 0 Å². The van der Waals surface area contributed by atoms with E-state index in [0.29, 0.717) is 18.2 Å². The van der Waals surface area contributed by atoms with Crippen LogP contribution in [0.3, 0.4) is 0 Å². The predicted molar refractivity (Wildman–Crippen MR) is 126 cm³/mol. The molecule has 2 N–H and O–H groups in total. The number of aromatic nitrogens is 4. The van der Waals surface area contributed by atoms with Gasteiger partial charge in [-0.05, 0) is 45.7 Å². The van der Waals surface area contributed by atoms with Gasteiger partial charge in [0.05, 0.1) is 18.6 Å². The second-order valence-electron chi connectivity index (χ2n) is 8.32. The van der Waals surface area contributed by atoms with Crippen molar-refractivity contribution in [2.45, 2.75) is 52.7 Å². The second-order valence-corrected chi connectivity index (χ2v) is 8.32. The van der Waals surface area contributed by atoms with E-state index in [9.17, 15) is 9.59 Å². The highest BCUT2D eigenvalue weighted by atomic mass is 16.2. The van der Waals surface area contributed by atoms with E-state index in [0.717, 1.165) is 41.5 Å². The van der Waals surface area contributed by atoms with Crippen LogP contribution in [0.5, 0.6) is 0 Å². The van der Waals surface area contributed by atoms with Gasteiger partial charge in [0.15, 0.2) is 0 Å². The van der Waals surface area contributed by atoms with E-state index in [4.69, 9.17) is 5.73 Å². The first-order valence-corrected chi connectivity index (χ1v) is 10.9. The predicted octanol–water partition coefficient (Wildman–Crippen LogP) is 1.57. The van der Waals surface area contributed by atoms with Gasteiger partial charge in [0.2, 0.25) is 0 Å². The molecule has 0 spiro atoms. The normalized spacial score (nSPS) is 16.1. The smallest absolute Gasteiger partial charge is 0.333 e. The molecule has 1 fully saturated rings. The summed E-state index contributed by atoms with van der Waals surface area (Å²) in [6.07, 6.45) is 1.85. The maximum Gasteiger partial charge on any atom is 0.333 e. The molecule has 1 saturated heterocycles. The maximum atomic E-state index is 13.4. The standard InChI is InChI=1S/C24H28N6O2/c1-4-5-11-29-22(28-10-6-7-18(25)14-28)13-23(31)30(24(29)32)15-21-26-17(3)19-12-16(2)8-9-20(19)27-21/h8-9,12-13,18H,6-7,10-11,14-15,25H2,1-3H3/t18-/m0/s1. The van der Waals surface area contributed by atoms with Crippen LogP contribution >= 0.6 is 0 Å². The first-order valence-electron chi connectivity index (χ1n) is 10.9. The Hall–Kier alpha value is -3.44. The molecule has 1 aromatic carbocycles. The van der Waals surface area contributed by atoms with Gasteiger partial charge in [-0.2, -0.15) is 0 Å². The van der Waals surface area contributed by atoms with Gasteiger partial charge >= 0.3 is 5.69 Å². The first kappa shape index (κ1) is 21.8. The fourth-order valence-electron chi connectivity index (χ4n) is 4.20. The summed E-state index contributed by atoms with van der Waals surface area (Å²) < 4.78 is 2.73. The van der Waals surface area contributed by atoms with E-state index >= 15 is 0 Å². The van der Waals surface area contributed by atoms with Crippen LogP contribution in [-0.2, 0) is 13.1 Å². The van der Waals surface area contributed by atoms with Crippen LogP contribution in [0, 0.1) is 25.7 Å². The number of piperidine rings is 1. The van der Waals surface area contributed by atoms with Gasteiger partial charge in [-0.1, -0.05) is 17.6 Å². The van der Waals surface area contributed by atoms with E-state index in [2.05, 4.69) is 21.8 Å². The minimum Gasteiger partial charge on any atom is -0.356 e. The molecular weight excluding hydrogens is 404 g/mol. The number of nitrogens with zero attached hydrogens (tertiary/aromatic N) is 5. The summed E-state index contributed by atoms with van der Waals surface area (Å²) in [5.41, 5.74) is 8.07. The van der Waals surface area contributed by atoms with Crippen molar-refractivity contribution < 1.29 is 0 Å². The average Bonchev–Trinajstić information content (AvgIpc) is 2.76. The molecule has 0 saturated carbocycles. The molecule has 1 aliphatic heterocycles. The monoisotopic (exact) mass is 432 g/mol. The molecule has 0 bridgehead atoms. The first-order chi connectivity index (χ1) is 15.4. The van der Waals surface area contributed by atoms with Crippen molar-refractivity contribution in [2.75, 3.05) is 18.0 Å². The summed E-state index contributed by atoms with van der Waals surface area (Å²) in [4.78, 5) is 37.6. The highest BCUT2D eigenvalue weighted by Crippen LogP contribution is 2.18. The third-order valence-corrected chi connectivity index (χ3v) is 5.84. The molecule has 4 rings (SSSR count). The summed E-state index contributed by atoms with van der Waals surface area (Å²) in [5.74, 6) is 6.79. The van der Waals surface area contributed by atoms with Gasteiger partial charge in [-0.3, -0.25) is 13.9 Å². The van der Waals surface area contributed by atoms with Crippen molar-refractivity contribution in [1.82, 2.24) is 19.1 Å². The zero-order valence-electron chi connectivity index (χ0n) is 18.8. The molecule has 3 heterocycles. The Bertz CT molecular complexity index is 1340. The molecule has 2 aromatic heterocycles. The van der Waals surface area contributed by atoms with E-state index < -0.39 is 5.69 Å². The van der Waals surface area contributed by atoms with E-state index in [1.807, 2.05) is 36.9 Å². The second kappa shape index (κ2) is 8.97. The van der Waals surface area contributed by atoms with E-state index in [1.54, 1.807) is 11.5 Å². The lowest BCUT2D eigenvalue weighted by Crippen LogP contribution is -2.48. The van der Waals surface area contributed by atoms with Crippen LogP contribution in [0.1, 0.15) is 36.8 Å². The number of hydrogen-bond acceptors (Lipinski definition) is 6. The number of benzene rings is 1.